The van der Waals surface area contributed by atoms with E-state index in [1.165, 1.54) is 50.1 Å². The molecule has 0 bridgehead atoms. The van der Waals surface area contributed by atoms with Gasteiger partial charge in [-0.2, -0.15) is 0 Å². The Kier molecular flexibility index (Phi) is 8.72. The third-order valence-corrected chi connectivity index (χ3v) is 13.9. The molecule has 11 aromatic rings. The van der Waals surface area contributed by atoms with Gasteiger partial charge in [-0.3, -0.25) is 0 Å². The molecule has 0 aliphatic carbocycles. The molecular formula is C61H47BN4O. The fraction of sp³-hybridized carbons (Fsp3) is 0.0820. The predicted molar refractivity (Wildman–Crippen MR) is 283 cm³/mol. The molecule has 2 aliphatic heterocycles. The van der Waals surface area contributed by atoms with E-state index in [0.717, 1.165) is 67.3 Å². The van der Waals surface area contributed by atoms with Gasteiger partial charge in [0.05, 0.1) is 5.52 Å². The predicted octanol–water partition coefficient (Wildman–Crippen LogP) is 14.7. The maximum atomic E-state index is 7.12. The van der Waals surface area contributed by atoms with Crippen LogP contribution in [-0.2, 0) is 5.41 Å². The molecule has 4 heterocycles. The molecule has 2 aliphatic rings. The van der Waals surface area contributed by atoms with Crippen LogP contribution in [0.25, 0.3) is 38.7 Å². The SMILES string of the molecule is Cc1cc2c3c(c1)-n1c4c(cccc4c4oc5cc(N(c6ccccc6)c6ccccc6)ccc5c41)B3c1ccc(N(c3ccccc3)c3ccccc3)cc1N2c1cccc(C(C)(C)C)c1. The largest absolute Gasteiger partial charge is 0.454 e. The normalized spacial score (nSPS) is 12.7. The zero-order valence-electron chi connectivity index (χ0n) is 38.0. The van der Waals surface area contributed by atoms with Crippen LogP contribution in [0, 0.1) is 6.92 Å². The minimum Gasteiger partial charge on any atom is -0.454 e. The highest BCUT2D eigenvalue weighted by Gasteiger charge is 2.43. The Morgan fingerprint density at radius 1 is 0.448 bits per heavy atom. The van der Waals surface area contributed by atoms with Crippen LogP contribution in [0.3, 0.4) is 0 Å². The van der Waals surface area contributed by atoms with Crippen molar-refractivity contribution >= 4 is 107 Å². The summed E-state index contributed by atoms with van der Waals surface area (Å²) in [6.45, 7) is 9.13. The highest BCUT2D eigenvalue weighted by Crippen LogP contribution is 2.47. The molecule has 5 nitrogen and oxygen atoms in total. The van der Waals surface area contributed by atoms with Crippen molar-refractivity contribution in [3.63, 3.8) is 0 Å². The Morgan fingerprint density at radius 2 is 1.01 bits per heavy atom. The first-order valence-electron chi connectivity index (χ1n) is 23.3. The van der Waals surface area contributed by atoms with Gasteiger partial charge in [-0.25, -0.2) is 0 Å². The van der Waals surface area contributed by atoms with Gasteiger partial charge in [0.25, 0.3) is 6.71 Å². The van der Waals surface area contributed by atoms with Gasteiger partial charge in [-0.05, 0) is 143 Å². The summed E-state index contributed by atoms with van der Waals surface area (Å²) in [7, 11) is 0. The first-order valence-corrected chi connectivity index (χ1v) is 23.3. The van der Waals surface area contributed by atoms with Crippen LogP contribution in [0.2, 0.25) is 0 Å². The van der Waals surface area contributed by atoms with Gasteiger partial charge < -0.3 is 23.7 Å². The first kappa shape index (κ1) is 39.2. The van der Waals surface area contributed by atoms with Crippen LogP contribution in [0.15, 0.2) is 217 Å². The quantitative estimate of drug-likeness (QED) is 0.149. The van der Waals surface area contributed by atoms with E-state index in [2.05, 4.69) is 259 Å². The van der Waals surface area contributed by atoms with E-state index in [4.69, 9.17) is 4.42 Å². The lowest BCUT2D eigenvalue weighted by Crippen LogP contribution is -2.60. The van der Waals surface area contributed by atoms with Gasteiger partial charge in [0.1, 0.15) is 11.1 Å². The van der Waals surface area contributed by atoms with Crippen LogP contribution in [0.4, 0.5) is 51.2 Å². The van der Waals surface area contributed by atoms with Crippen molar-refractivity contribution in [3.05, 3.63) is 223 Å². The number of nitrogens with zero attached hydrogens (tertiary/aromatic N) is 4. The summed E-state index contributed by atoms with van der Waals surface area (Å²) in [6, 6.07) is 77.2. The molecule has 2 aromatic heterocycles. The molecule has 13 rings (SSSR count). The van der Waals surface area contributed by atoms with Gasteiger partial charge in [0.2, 0.25) is 0 Å². The number of para-hydroxylation sites is 5. The second kappa shape index (κ2) is 14.9. The van der Waals surface area contributed by atoms with Crippen molar-refractivity contribution in [1.82, 2.24) is 4.57 Å². The summed E-state index contributed by atoms with van der Waals surface area (Å²) in [5.41, 5.74) is 21.7. The summed E-state index contributed by atoms with van der Waals surface area (Å²) in [4.78, 5) is 7.21. The van der Waals surface area contributed by atoms with Crippen LogP contribution in [-0.4, -0.2) is 11.3 Å². The lowest BCUT2D eigenvalue weighted by molar-refractivity contribution is 0.590. The van der Waals surface area contributed by atoms with E-state index in [1.54, 1.807) is 0 Å². The summed E-state index contributed by atoms with van der Waals surface area (Å²) in [6.07, 6.45) is 0. The molecule has 6 heteroatoms. The van der Waals surface area contributed by atoms with Crippen LogP contribution in [0.1, 0.15) is 31.9 Å². The number of anilines is 9. The van der Waals surface area contributed by atoms with Crippen LogP contribution >= 0.6 is 0 Å². The zero-order chi connectivity index (χ0) is 45.0. The molecule has 0 unspecified atom stereocenters. The van der Waals surface area contributed by atoms with Gasteiger partial charge in [0.15, 0.2) is 5.58 Å². The van der Waals surface area contributed by atoms with Crippen molar-refractivity contribution in [2.45, 2.75) is 33.1 Å². The third-order valence-electron chi connectivity index (χ3n) is 13.9. The molecule has 9 aromatic carbocycles. The minimum absolute atomic E-state index is 0.0167. The molecule has 0 saturated carbocycles. The standard InChI is InChI=1S/C61H47BN4O/c1-40-35-54-57-55(36-40)66-58-50(60-59(66)49-33-31-48(39-56(49)67-60)64(44-24-13-7-14-25-44)45-26-15-8-16-27-45)29-18-30-52(58)62(57)51-34-32-47(63(42-20-9-5-10-21-42)43-22-11-6-12-23-43)38-53(51)65(54)46-28-17-19-41(37-46)61(2,3)4/h5-39H,1-4H3. The Bertz CT molecular complexity index is 3630. The van der Waals surface area contributed by atoms with E-state index < -0.39 is 0 Å². The molecule has 0 saturated heterocycles. The molecule has 0 radical (unpaired) electrons. The molecule has 0 spiro atoms. The number of hydrogen-bond acceptors (Lipinski definition) is 4. The average Bonchev–Trinajstić information content (AvgIpc) is 3.89. The van der Waals surface area contributed by atoms with Gasteiger partial charge >= 0.3 is 0 Å². The van der Waals surface area contributed by atoms with Crippen molar-refractivity contribution in [3.8, 4) is 5.69 Å². The Balaban J connectivity index is 1.07. The summed E-state index contributed by atoms with van der Waals surface area (Å²) in [5.74, 6) is 0. The summed E-state index contributed by atoms with van der Waals surface area (Å²) < 4.78 is 9.64. The van der Waals surface area contributed by atoms with E-state index in [-0.39, 0.29) is 12.1 Å². The highest BCUT2D eigenvalue weighted by molar-refractivity contribution is 7.00. The number of aromatic nitrogens is 1. The number of rotatable bonds is 7. The van der Waals surface area contributed by atoms with Gasteiger partial charge in [0, 0.05) is 73.7 Å². The van der Waals surface area contributed by atoms with Crippen molar-refractivity contribution in [2.75, 3.05) is 14.7 Å². The smallest absolute Gasteiger partial charge is 0.252 e. The van der Waals surface area contributed by atoms with Crippen LogP contribution < -0.4 is 31.1 Å². The molecule has 0 amide bonds. The van der Waals surface area contributed by atoms with Crippen molar-refractivity contribution in [2.24, 2.45) is 0 Å². The van der Waals surface area contributed by atoms with E-state index >= 15 is 0 Å². The zero-order valence-corrected chi connectivity index (χ0v) is 38.0. The second-order valence-electron chi connectivity index (χ2n) is 19.1. The van der Waals surface area contributed by atoms with Crippen LogP contribution in [0.5, 0.6) is 0 Å². The first-order chi connectivity index (χ1) is 32.8. The number of fused-ring (bicyclic) bond motifs is 9. The van der Waals surface area contributed by atoms with Gasteiger partial charge in [-0.1, -0.05) is 124 Å². The Hall–Kier alpha value is -8.22. The lowest BCUT2D eigenvalue weighted by Gasteiger charge is -2.41. The van der Waals surface area contributed by atoms with Crippen molar-refractivity contribution in [1.29, 1.82) is 0 Å². The molecule has 0 fully saturated rings. The molecule has 320 valence electrons. The van der Waals surface area contributed by atoms with E-state index in [0.29, 0.717) is 0 Å². The fourth-order valence-electron chi connectivity index (χ4n) is 10.9. The molecule has 67 heavy (non-hydrogen) atoms. The molecule has 0 atom stereocenters. The Labute approximate surface area is 391 Å². The average molecular weight is 863 g/mol. The third kappa shape index (κ3) is 6.09. The molecule has 0 N–H and O–H groups in total. The second-order valence-corrected chi connectivity index (χ2v) is 19.1. The maximum absolute atomic E-state index is 7.12. The van der Waals surface area contributed by atoms with Crippen molar-refractivity contribution < 1.29 is 4.42 Å². The fourth-order valence-corrected chi connectivity index (χ4v) is 10.9. The van der Waals surface area contributed by atoms with Gasteiger partial charge in [-0.15, -0.1) is 0 Å². The lowest BCUT2D eigenvalue weighted by atomic mass is 9.33. The molecular weight excluding hydrogens is 816 g/mol. The minimum atomic E-state index is -0.0365. The van der Waals surface area contributed by atoms with E-state index in [1.807, 2.05) is 0 Å². The Morgan fingerprint density at radius 3 is 1.63 bits per heavy atom. The number of furan rings is 1. The summed E-state index contributed by atoms with van der Waals surface area (Å²) >= 11 is 0. The maximum Gasteiger partial charge on any atom is 0.252 e. The summed E-state index contributed by atoms with van der Waals surface area (Å²) in [5, 5.41) is 2.22. The number of aryl methyl sites for hydroxylation is 1. The number of benzene rings is 9. The monoisotopic (exact) mass is 862 g/mol. The highest BCUT2D eigenvalue weighted by atomic mass is 16.3. The van der Waals surface area contributed by atoms with E-state index in [9.17, 15) is 0 Å². The number of hydrogen-bond donors (Lipinski definition) is 0. The topological polar surface area (TPSA) is 27.8 Å².